The van der Waals surface area contributed by atoms with Crippen LogP contribution in [0.1, 0.15) is 35.9 Å². The van der Waals surface area contributed by atoms with Crippen molar-refractivity contribution in [3.05, 3.63) is 35.4 Å². The van der Waals surface area contributed by atoms with E-state index in [0.717, 1.165) is 17.6 Å². The summed E-state index contributed by atoms with van der Waals surface area (Å²) in [4.78, 5) is 15.1. The molecule has 2 rings (SSSR count). The quantitative estimate of drug-likeness (QED) is 0.931. The summed E-state index contributed by atoms with van der Waals surface area (Å²) in [7, 11) is 0. The van der Waals surface area contributed by atoms with Gasteiger partial charge in [0.05, 0.1) is 0 Å². The smallest absolute Gasteiger partial charge is 0.342 e. The number of carboxylic acid groups (broad SMARTS) is 1. The molecular weight excluding hydrogens is 271 g/mol. The van der Waals surface area contributed by atoms with Gasteiger partial charge in [-0.05, 0) is 12.1 Å². The average Bonchev–Trinajstić information content (AvgIpc) is 2.77. The summed E-state index contributed by atoms with van der Waals surface area (Å²) >= 11 is 1.00. The van der Waals surface area contributed by atoms with Crippen molar-refractivity contribution in [3.8, 4) is 10.9 Å². The van der Waals surface area contributed by atoms with Crippen molar-refractivity contribution >= 4 is 17.5 Å². The Morgan fingerprint density at radius 2 is 2.21 bits per heavy atom. The number of carboxylic acids is 1. The van der Waals surface area contributed by atoms with Gasteiger partial charge in [-0.25, -0.2) is 9.18 Å². The molecule has 0 bridgehead atoms. The van der Waals surface area contributed by atoms with E-state index in [1.807, 2.05) is 13.8 Å². The molecule has 0 aliphatic rings. The molecule has 19 heavy (non-hydrogen) atoms. The van der Waals surface area contributed by atoms with Crippen LogP contribution >= 0.6 is 11.5 Å². The van der Waals surface area contributed by atoms with Gasteiger partial charge in [-0.3, -0.25) is 0 Å². The molecule has 5 nitrogen and oxygen atoms in total. The lowest BCUT2D eigenvalue weighted by Gasteiger charge is -2.05. The first-order chi connectivity index (χ1) is 8.99. The Hall–Kier alpha value is -2.02. The molecule has 0 spiro atoms. The summed E-state index contributed by atoms with van der Waals surface area (Å²) in [6, 6.07) is 3.82. The second kappa shape index (κ2) is 5.31. The number of nitrogens with zero attached hydrogens (tertiary/aromatic N) is 2. The summed E-state index contributed by atoms with van der Waals surface area (Å²) < 4.78 is 22.8. The van der Waals surface area contributed by atoms with E-state index in [1.165, 1.54) is 12.1 Å². The Bertz CT molecular complexity index is 613. The summed E-state index contributed by atoms with van der Waals surface area (Å²) in [5, 5.41) is 9.16. The van der Waals surface area contributed by atoms with Gasteiger partial charge >= 0.3 is 5.97 Å². The molecule has 0 saturated heterocycles. The first kappa shape index (κ1) is 13.4. The molecule has 0 amide bonds. The fourth-order valence-electron chi connectivity index (χ4n) is 1.39. The molecule has 0 radical (unpaired) electrons. The Labute approximate surface area is 112 Å². The first-order valence-electron chi connectivity index (χ1n) is 5.52. The fraction of sp³-hybridized carbons (Fsp3) is 0.250. The van der Waals surface area contributed by atoms with E-state index < -0.39 is 17.3 Å². The topological polar surface area (TPSA) is 72.3 Å². The minimum Gasteiger partial charge on any atom is -0.477 e. The van der Waals surface area contributed by atoms with Crippen LogP contribution in [0.4, 0.5) is 4.39 Å². The van der Waals surface area contributed by atoms with Crippen molar-refractivity contribution in [1.82, 2.24) is 9.36 Å². The molecule has 1 aromatic heterocycles. The van der Waals surface area contributed by atoms with Gasteiger partial charge in [0.15, 0.2) is 0 Å². The van der Waals surface area contributed by atoms with Crippen molar-refractivity contribution in [2.24, 2.45) is 0 Å². The largest absolute Gasteiger partial charge is 0.477 e. The molecule has 0 aliphatic carbocycles. The summed E-state index contributed by atoms with van der Waals surface area (Å²) in [5.41, 5.74) is -0.510. The van der Waals surface area contributed by atoms with E-state index in [-0.39, 0.29) is 16.9 Å². The van der Waals surface area contributed by atoms with Crippen LogP contribution in [0.5, 0.6) is 10.9 Å². The Morgan fingerprint density at radius 1 is 1.47 bits per heavy atom. The van der Waals surface area contributed by atoms with Crippen LogP contribution in [0.3, 0.4) is 0 Å². The lowest BCUT2D eigenvalue weighted by atomic mass is 10.2. The van der Waals surface area contributed by atoms with Gasteiger partial charge in [0, 0.05) is 17.5 Å². The van der Waals surface area contributed by atoms with Crippen LogP contribution in [0, 0.1) is 5.82 Å². The van der Waals surface area contributed by atoms with Crippen LogP contribution in [0.25, 0.3) is 0 Å². The van der Waals surface area contributed by atoms with Crippen LogP contribution in [0.15, 0.2) is 18.2 Å². The molecule has 0 unspecified atom stereocenters. The molecule has 7 heteroatoms. The monoisotopic (exact) mass is 282 g/mol. The van der Waals surface area contributed by atoms with E-state index >= 15 is 0 Å². The highest BCUT2D eigenvalue weighted by Crippen LogP contribution is 2.29. The Kier molecular flexibility index (Phi) is 3.75. The zero-order chi connectivity index (χ0) is 14.0. The number of ether oxygens (including phenoxy) is 1. The van der Waals surface area contributed by atoms with Gasteiger partial charge in [0.25, 0.3) is 5.19 Å². The van der Waals surface area contributed by atoms with E-state index in [0.29, 0.717) is 5.82 Å². The molecule has 2 aromatic rings. The van der Waals surface area contributed by atoms with Crippen molar-refractivity contribution < 1.29 is 19.0 Å². The van der Waals surface area contributed by atoms with Crippen molar-refractivity contribution in [2.75, 3.05) is 0 Å². The fourth-order valence-corrected chi connectivity index (χ4v) is 2.07. The van der Waals surface area contributed by atoms with E-state index in [2.05, 4.69) is 9.36 Å². The van der Waals surface area contributed by atoms with Crippen LogP contribution in [-0.4, -0.2) is 20.4 Å². The van der Waals surface area contributed by atoms with Crippen molar-refractivity contribution in [3.63, 3.8) is 0 Å². The number of halogens is 1. The minimum absolute atomic E-state index is 0.0843. The van der Waals surface area contributed by atoms with Gasteiger partial charge in [-0.1, -0.05) is 19.9 Å². The Morgan fingerprint density at radius 3 is 2.79 bits per heavy atom. The highest BCUT2D eigenvalue weighted by molar-refractivity contribution is 7.07. The normalized spacial score (nSPS) is 10.7. The maximum atomic E-state index is 13.4. The third kappa shape index (κ3) is 2.87. The van der Waals surface area contributed by atoms with E-state index in [4.69, 9.17) is 9.84 Å². The molecule has 1 aromatic carbocycles. The summed E-state index contributed by atoms with van der Waals surface area (Å²) in [6.07, 6.45) is 0. The van der Waals surface area contributed by atoms with E-state index in [9.17, 15) is 9.18 Å². The van der Waals surface area contributed by atoms with Crippen LogP contribution in [0.2, 0.25) is 0 Å². The van der Waals surface area contributed by atoms with Gasteiger partial charge in [-0.15, -0.1) is 0 Å². The molecule has 0 atom stereocenters. The number of hydrogen-bond donors (Lipinski definition) is 1. The summed E-state index contributed by atoms with van der Waals surface area (Å²) in [5.74, 6) is -1.58. The second-order valence-corrected chi connectivity index (χ2v) is 4.81. The van der Waals surface area contributed by atoms with Crippen molar-refractivity contribution in [1.29, 1.82) is 0 Å². The second-order valence-electron chi connectivity index (χ2n) is 4.09. The lowest BCUT2D eigenvalue weighted by molar-refractivity contribution is 0.0689. The number of benzene rings is 1. The van der Waals surface area contributed by atoms with Gasteiger partial charge < -0.3 is 9.84 Å². The van der Waals surface area contributed by atoms with Gasteiger partial charge in [0.2, 0.25) is 0 Å². The standard InChI is InChI=1S/C12H11FN2O3S/c1-6(2)10-14-12(19-15-10)18-8-5-3-4-7(13)9(8)11(16)17/h3-6H,1-2H3,(H,16,17). The maximum absolute atomic E-state index is 13.4. The number of aromatic nitrogens is 2. The maximum Gasteiger partial charge on any atom is 0.342 e. The molecular formula is C12H11FN2O3S. The third-order valence-corrected chi connectivity index (χ3v) is 2.94. The predicted octanol–water partition coefficient (Wildman–Crippen LogP) is 3.29. The molecule has 100 valence electrons. The molecule has 1 heterocycles. The first-order valence-corrected chi connectivity index (χ1v) is 6.29. The molecule has 0 saturated carbocycles. The zero-order valence-corrected chi connectivity index (χ0v) is 11.1. The highest BCUT2D eigenvalue weighted by Gasteiger charge is 2.19. The van der Waals surface area contributed by atoms with E-state index in [1.54, 1.807) is 0 Å². The van der Waals surface area contributed by atoms with Gasteiger partial charge in [-0.2, -0.15) is 9.36 Å². The minimum atomic E-state index is -1.39. The zero-order valence-electron chi connectivity index (χ0n) is 10.3. The van der Waals surface area contributed by atoms with Crippen LogP contribution in [-0.2, 0) is 0 Å². The summed E-state index contributed by atoms with van der Waals surface area (Å²) in [6.45, 7) is 3.85. The van der Waals surface area contributed by atoms with Gasteiger partial charge in [0.1, 0.15) is 23.0 Å². The predicted molar refractivity (Wildman–Crippen MR) is 67.4 cm³/mol. The number of carbonyl (C=O) groups is 1. The number of hydrogen-bond acceptors (Lipinski definition) is 5. The van der Waals surface area contributed by atoms with Crippen LogP contribution < -0.4 is 4.74 Å². The van der Waals surface area contributed by atoms with Crippen molar-refractivity contribution in [2.45, 2.75) is 19.8 Å². The highest BCUT2D eigenvalue weighted by atomic mass is 32.1. The average molecular weight is 282 g/mol. The molecule has 0 aliphatic heterocycles. The SMILES string of the molecule is CC(C)c1nsc(Oc2cccc(F)c2C(=O)O)n1. The Balaban J connectivity index is 2.32. The lowest BCUT2D eigenvalue weighted by Crippen LogP contribution is -2.03. The number of rotatable bonds is 4. The number of aromatic carboxylic acids is 1. The molecule has 0 fully saturated rings. The molecule has 1 N–H and O–H groups in total. The third-order valence-electron chi connectivity index (χ3n) is 2.33.